The number of aliphatic hydroxyl groups excluding tert-OH is 1. The van der Waals surface area contributed by atoms with Crippen LogP contribution in [0.15, 0.2) is 16.8 Å². The van der Waals surface area contributed by atoms with Gasteiger partial charge in [-0.15, -0.1) is 0 Å². The summed E-state index contributed by atoms with van der Waals surface area (Å²) in [4.78, 5) is 11.5. The number of rotatable bonds is 7. The van der Waals surface area contributed by atoms with Gasteiger partial charge in [-0.3, -0.25) is 4.79 Å². The van der Waals surface area contributed by atoms with Gasteiger partial charge in [0.2, 0.25) is 5.91 Å². The van der Waals surface area contributed by atoms with Crippen LogP contribution in [-0.4, -0.2) is 23.7 Å². The van der Waals surface area contributed by atoms with Crippen molar-refractivity contribution in [3.05, 3.63) is 22.4 Å². The zero-order chi connectivity index (χ0) is 11.8. The summed E-state index contributed by atoms with van der Waals surface area (Å²) in [5, 5.41) is 15.7. The standard InChI is InChI=1S/C12H19NO2S/c1-10(3-2-7-14)13-12(15)5-4-11-6-8-16-9-11/h6,8-10,14H,2-5,7H2,1H3,(H,13,15). The van der Waals surface area contributed by atoms with E-state index in [0.717, 1.165) is 19.3 Å². The Morgan fingerprint density at radius 2 is 2.44 bits per heavy atom. The first-order valence-corrected chi connectivity index (χ1v) is 6.58. The molecule has 0 spiro atoms. The van der Waals surface area contributed by atoms with Crippen LogP contribution in [0.4, 0.5) is 0 Å². The fraction of sp³-hybridized carbons (Fsp3) is 0.583. The predicted molar refractivity (Wildman–Crippen MR) is 66.6 cm³/mol. The molecule has 0 aromatic carbocycles. The highest BCUT2D eigenvalue weighted by atomic mass is 32.1. The van der Waals surface area contributed by atoms with Crippen molar-refractivity contribution in [1.82, 2.24) is 5.32 Å². The number of aliphatic hydroxyl groups is 1. The Morgan fingerprint density at radius 3 is 3.06 bits per heavy atom. The van der Waals surface area contributed by atoms with E-state index in [-0.39, 0.29) is 18.6 Å². The highest BCUT2D eigenvalue weighted by molar-refractivity contribution is 7.07. The molecule has 0 radical (unpaired) electrons. The average molecular weight is 241 g/mol. The molecule has 4 heteroatoms. The van der Waals surface area contributed by atoms with Crippen LogP contribution in [0.5, 0.6) is 0 Å². The van der Waals surface area contributed by atoms with E-state index in [2.05, 4.69) is 10.7 Å². The lowest BCUT2D eigenvalue weighted by Crippen LogP contribution is -2.32. The molecule has 1 heterocycles. The minimum Gasteiger partial charge on any atom is -0.396 e. The number of carbonyl (C=O) groups excluding carboxylic acids is 1. The first kappa shape index (κ1) is 13.2. The minimum atomic E-state index is 0.0941. The quantitative estimate of drug-likeness (QED) is 0.766. The molecular weight excluding hydrogens is 222 g/mol. The van der Waals surface area contributed by atoms with Crippen molar-refractivity contribution in [3.8, 4) is 0 Å². The van der Waals surface area contributed by atoms with Gasteiger partial charge in [0.25, 0.3) is 0 Å². The third-order valence-electron chi connectivity index (χ3n) is 2.42. The molecule has 1 unspecified atom stereocenters. The van der Waals surface area contributed by atoms with Crippen LogP contribution in [0.25, 0.3) is 0 Å². The molecule has 90 valence electrons. The molecule has 0 bridgehead atoms. The molecule has 0 saturated carbocycles. The van der Waals surface area contributed by atoms with Crippen LogP contribution in [0.3, 0.4) is 0 Å². The van der Waals surface area contributed by atoms with Gasteiger partial charge < -0.3 is 10.4 Å². The highest BCUT2D eigenvalue weighted by Crippen LogP contribution is 2.08. The molecule has 1 aromatic heterocycles. The van der Waals surface area contributed by atoms with Crippen molar-refractivity contribution >= 4 is 17.2 Å². The van der Waals surface area contributed by atoms with E-state index in [1.165, 1.54) is 5.56 Å². The van der Waals surface area contributed by atoms with Gasteiger partial charge in [-0.25, -0.2) is 0 Å². The maximum absolute atomic E-state index is 11.5. The molecule has 1 rings (SSSR count). The van der Waals surface area contributed by atoms with Gasteiger partial charge in [-0.05, 0) is 48.6 Å². The fourth-order valence-electron chi connectivity index (χ4n) is 1.51. The summed E-state index contributed by atoms with van der Waals surface area (Å²) in [5.74, 6) is 0.0941. The molecule has 0 aliphatic rings. The summed E-state index contributed by atoms with van der Waals surface area (Å²) in [6, 6.07) is 2.20. The lowest BCUT2D eigenvalue weighted by molar-refractivity contribution is -0.121. The van der Waals surface area contributed by atoms with Gasteiger partial charge in [-0.1, -0.05) is 0 Å². The second-order valence-electron chi connectivity index (χ2n) is 3.97. The van der Waals surface area contributed by atoms with Crippen LogP contribution in [-0.2, 0) is 11.2 Å². The number of carbonyl (C=O) groups is 1. The fourth-order valence-corrected chi connectivity index (χ4v) is 2.21. The van der Waals surface area contributed by atoms with E-state index in [1.807, 2.05) is 18.4 Å². The maximum atomic E-state index is 11.5. The van der Waals surface area contributed by atoms with E-state index < -0.39 is 0 Å². The van der Waals surface area contributed by atoms with Gasteiger partial charge in [-0.2, -0.15) is 11.3 Å². The highest BCUT2D eigenvalue weighted by Gasteiger charge is 2.07. The molecule has 1 aromatic rings. The molecule has 16 heavy (non-hydrogen) atoms. The molecule has 0 fully saturated rings. The third kappa shape index (κ3) is 5.28. The van der Waals surface area contributed by atoms with E-state index in [9.17, 15) is 4.79 Å². The van der Waals surface area contributed by atoms with Crippen LogP contribution < -0.4 is 5.32 Å². The minimum absolute atomic E-state index is 0.0941. The Balaban J connectivity index is 2.15. The van der Waals surface area contributed by atoms with E-state index in [4.69, 9.17) is 5.11 Å². The maximum Gasteiger partial charge on any atom is 0.220 e. The van der Waals surface area contributed by atoms with E-state index in [1.54, 1.807) is 11.3 Å². The predicted octanol–water partition coefficient (Wildman–Crippen LogP) is 1.96. The van der Waals surface area contributed by atoms with Crippen molar-refractivity contribution < 1.29 is 9.90 Å². The smallest absolute Gasteiger partial charge is 0.220 e. The number of aryl methyl sites for hydroxylation is 1. The molecule has 0 aliphatic heterocycles. The zero-order valence-electron chi connectivity index (χ0n) is 9.61. The Morgan fingerprint density at radius 1 is 1.62 bits per heavy atom. The molecule has 1 atom stereocenters. The van der Waals surface area contributed by atoms with Crippen LogP contribution in [0, 0.1) is 0 Å². The van der Waals surface area contributed by atoms with Crippen molar-refractivity contribution in [1.29, 1.82) is 0 Å². The van der Waals surface area contributed by atoms with Crippen molar-refractivity contribution in [2.75, 3.05) is 6.61 Å². The van der Waals surface area contributed by atoms with Crippen LogP contribution in [0.2, 0.25) is 0 Å². The molecule has 0 aliphatic carbocycles. The summed E-state index contributed by atoms with van der Waals surface area (Å²) in [7, 11) is 0. The summed E-state index contributed by atoms with van der Waals surface area (Å²) in [6.45, 7) is 2.16. The van der Waals surface area contributed by atoms with Crippen LogP contribution >= 0.6 is 11.3 Å². The lowest BCUT2D eigenvalue weighted by Gasteiger charge is -2.12. The van der Waals surface area contributed by atoms with Crippen molar-refractivity contribution in [2.24, 2.45) is 0 Å². The van der Waals surface area contributed by atoms with Gasteiger partial charge in [0.1, 0.15) is 0 Å². The Labute approximate surface area is 100 Å². The molecule has 3 nitrogen and oxygen atoms in total. The van der Waals surface area contributed by atoms with Crippen molar-refractivity contribution in [3.63, 3.8) is 0 Å². The number of amides is 1. The second kappa shape index (κ2) is 7.41. The summed E-state index contributed by atoms with van der Waals surface area (Å²) in [5.41, 5.74) is 1.23. The number of nitrogens with one attached hydrogen (secondary N) is 1. The Kier molecular flexibility index (Phi) is 6.11. The van der Waals surface area contributed by atoms with Crippen molar-refractivity contribution in [2.45, 2.75) is 38.6 Å². The normalized spacial score (nSPS) is 12.4. The third-order valence-corrected chi connectivity index (χ3v) is 3.16. The second-order valence-corrected chi connectivity index (χ2v) is 4.75. The Bertz CT molecular complexity index is 298. The zero-order valence-corrected chi connectivity index (χ0v) is 10.4. The lowest BCUT2D eigenvalue weighted by atomic mass is 10.1. The first-order valence-electron chi connectivity index (χ1n) is 5.63. The molecule has 1 amide bonds. The topological polar surface area (TPSA) is 49.3 Å². The molecular formula is C12H19NO2S. The SMILES string of the molecule is CC(CCCO)NC(=O)CCc1ccsc1. The average Bonchev–Trinajstić information content (AvgIpc) is 2.76. The Hall–Kier alpha value is -0.870. The van der Waals surface area contributed by atoms with E-state index in [0.29, 0.717) is 6.42 Å². The monoisotopic (exact) mass is 241 g/mol. The first-order chi connectivity index (χ1) is 7.72. The number of hydrogen-bond acceptors (Lipinski definition) is 3. The summed E-state index contributed by atoms with van der Waals surface area (Å²) < 4.78 is 0. The van der Waals surface area contributed by atoms with Gasteiger partial charge in [0, 0.05) is 19.1 Å². The molecule has 2 N–H and O–H groups in total. The van der Waals surface area contributed by atoms with E-state index >= 15 is 0 Å². The summed E-state index contributed by atoms with van der Waals surface area (Å²) >= 11 is 1.66. The van der Waals surface area contributed by atoms with Gasteiger partial charge in [0.05, 0.1) is 0 Å². The van der Waals surface area contributed by atoms with Gasteiger partial charge >= 0.3 is 0 Å². The number of thiophene rings is 1. The summed E-state index contributed by atoms with van der Waals surface area (Å²) in [6.07, 6.45) is 2.93. The molecule has 0 saturated heterocycles. The largest absolute Gasteiger partial charge is 0.396 e. The number of hydrogen-bond donors (Lipinski definition) is 2. The van der Waals surface area contributed by atoms with Crippen LogP contribution in [0.1, 0.15) is 31.7 Å². The van der Waals surface area contributed by atoms with Gasteiger partial charge in [0.15, 0.2) is 0 Å².